The van der Waals surface area contributed by atoms with E-state index < -0.39 is 12.1 Å². The molecule has 0 bridgehead atoms. The summed E-state index contributed by atoms with van der Waals surface area (Å²) >= 11 is 0. The molecule has 23 heavy (non-hydrogen) atoms. The maximum Gasteiger partial charge on any atom is 0.305 e. The van der Waals surface area contributed by atoms with Crippen LogP contribution >= 0.6 is 0 Å². The number of hydrogen-bond acceptors (Lipinski definition) is 4. The molecule has 0 radical (unpaired) electrons. The van der Waals surface area contributed by atoms with Crippen molar-refractivity contribution in [2.24, 2.45) is 0 Å². The highest BCUT2D eigenvalue weighted by atomic mass is 16.5. The minimum atomic E-state index is -0.923. The van der Waals surface area contributed by atoms with Crippen molar-refractivity contribution in [2.45, 2.75) is 45.9 Å². The lowest BCUT2D eigenvalue weighted by Gasteiger charge is -2.29. The number of carboxylic acid groups (broad SMARTS) is 1. The normalized spacial score (nSPS) is 12.0. The Kier molecular flexibility index (Phi) is 7.54. The van der Waals surface area contributed by atoms with Crippen molar-refractivity contribution >= 4 is 11.9 Å². The number of hydrogen-bond donors (Lipinski definition) is 1. The Balaban J connectivity index is 2.61. The van der Waals surface area contributed by atoms with Gasteiger partial charge in [-0.3, -0.25) is 9.59 Å². The van der Waals surface area contributed by atoms with E-state index in [-0.39, 0.29) is 31.5 Å². The van der Waals surface area contributed by atoms with Crippen molar-refractivity contribution in [1.29, 1.82) is 0 Å². The van der Waals surface area contributed by atoms with E-state index in [2.05, 4.69) is 0 Å². The largest absolute Gasteiger partial charge is 0.497 e. The van der Waals surface area contributed by atoms with Crippen molar-refractivity contribution in [3.8, 4) is 5.75 Å². The topological polar surface area (TPSA) is 76.1 Å². The van der Waals surface area contributed by atoms with Crippen molar-refractivity contribution in [2.75, 3.05) is 13.7 Å². The smallest absolute Gasteiger partial charge is 0.305 e. The van der Waals surface area contributed by atoms with E-state index >= 15 is 0 Å². The number of benzene rings is 1. The van der Waals surface area contributed by atoms with E-state index in [9.17, 15) is 9.59 Å². The number of rotatable bonds is 9. The van der Waals surface area contributed by atoms with Gasteiger partial charge in [0.15, 0.2) is 0 Å². The SMILES string of the molecule is COc1cccc(COC(C)C(=O)N(CCC(=O)O)C(C)C)c1. The van der Waals surface area contributed by atoms with Gasteiger partial charge in [-0.25, -0.2) is 0 Å². The van der Waals surface area contributed by atoms with Crippen LogP contribution < -0.4 is 4.74 Å². The summed E-state index contributed by atoms with van der Waals surface area (Å²) in [6.07, 6.45) is -0.718. The molecule has 0 saturated heterocycles. The molecule has 0 aliphatic rings. The van der Waals surface area contributed by atoms with Crippen LogP contribution in [-0.2, 0) is 20.9 Å². The number of methoxy groups -OCH3 is 1. The highest BCUT2D eigenvalue weighted by molar-refractivity contribution is 5.81. The molecule has 128 valence electrons. The van der Waals surface area contributed by atoms with Gasteiger partial charge in [-0.2, -0.15) is 0 Å². The number of aliphatic carboxylic acids is 1. The van der Waals surface area contributed by atoms with Crippen molar-refractivity contribution in [3.05, 3.63) is 29.8 Å². The van der Waals surface area contributed by atoms with Gasteiger partial charge in [-0.15, -0.1) is 0 Å². The van der Waals surface area contributed by atoms with Crippen LogP contribution in [-0.4, -0.2) is 47.7 Å². The van der Waals surface area contributed by atoms with Crippen LogP contribution in [0.1, 0.15) is 32.8 Å². The van der Waals surface area contributed by atoms with Crippen LogP contribution in [0.2, 0.25) is 0 Å². The number of ether oxygens (including phenoxy) is 2. The average molecular weight is 323 g/mol. The molecule has 0 saturated carbocycles. The summed E-state index contributed by atoms with van der Waals surface area (Å²) in [5.41, 5.74) is 0.908. The fourth-order valence-corrected chi connectivity index (χ4v) is 2.13. The summed E-state index contributed by atoms with van der Waals surface area (Å²) in [6, 6.07) is 7.36. The van der Waals surface area contributed by atoms with Gasteiger partial charge >= 0.3 is 5.97 Å². The van der Waals surface area contributed by atoms with Gasteiger partial charge in [0.25, 0.3) is 5.91 Å². The van der Waals surface area contributed by atoms with Crippen LogP contribution in [0.25, 0.3) is 0 Å². The molecular formula is C17H25NO5. The molecule has 1 aromatic carbocycles. The molecule has 0 aromatic heterocycles. The first-order chi connectivity index (χ1) is 10.8. The zero-order valence-corrected chi connectivity index (χ0v) is 14.1. The maximum absolute atomic E-state index is 12.4. The molecule has 1 amide bonds. The highest BCUT2D eigenvalue weighted by Crippen LogP contribution is 2.14. The van der Waals surface area contributed by atoms with E-state index in [1.807, 2.05) is 38.1 Å². The minimum Gasteiger partial charge on any atom is -0.497 e. The Morgan fingerprint density at radius 3 is 2.52 bits per heavy atom. The summed E-state index contributed by atoms with van der Waals surface area (Å²) in [6.45, 7) is 5.86. The molecule has 6 nitrogen and oxygen atoms in total. The van der Waals surface area contributed by atoms with Crippen LogP contribution in [0.4, 0.5) is 0 Å². The lowest BCUT2D eigenvalue weighted by Crippen LogP contribution is -2.44. The van der Waals surface area contributed by atoms with Crippen LogP contribution in [0.15, 0.2) is 24.3 Å². The van der Waals surface area contributed by atoms with Gasteiger partial charge in [0.05, 0.1) is 20.1 Å². The number of carbonyl (C=O) groups excluding carboxylic acids is 1. The molecular weight excluding hydrogens is 298 g/mol. The molecule has 1 aromatic rings. The Morgan fingerprint density at radius 1 is 1.26 bits per heavy atom. The van der Waals surface area contributed by atoms with Gasteiger partial charge in [0.1, 0.15) is 11.9 Å². The third-order valence-corrected chi connectivity index (χ3v) is 3.45. The zero-order valence-electron chi connectivity index (χ0n) is 14.1. The van der Waals surface area contributed by atoms with E-state index in [4.69, 9.17) is 14.6 Å². The first-order valence-electron chi connectivity index (χ1n) is 7.62. The number of amides is 1. The second kappa shape index (κ2) is 9.15. The molecule has 1 unspecified atom stereocenters. The highest BCUT2D eigenvalue weighted by Gasteiger charge is 2.23. The summed E-state index contributed by atoms with van der Waals surface area (Å²) in [4.78, 5) is 24.7. The molecule has 1 N–H and O–H groups in total. The van der Waals surface area contributed by atoms with Gasteiger partial charge < -0.3 is 19.5 Å². The standard InChI is InChI=1S/C17H25NO5/c1-12(2)18(9-8-16(19)20)17(21)13(3)23-11-14-6-5-7-15(10-14)22-4/h5-7,10,12-13H,8-9,11H2,1-4H3,(H,19,20). The molecule has 6 heteroatoms. The van der Waals surface area contributed by atoms with Gasteiger partial charge in [0.2, 0.25) is 0 Å². The molecule has 0 spiro atoms. The average Bonchev–Trinajstić information content (AvgIpc) is 2.52. The van der Waals surface area contributed by atoms with Crippen LogP contribution in [0.3, 0.4) is 0 Å². The Labute approximate surface area is 137 Å². The third-order valence-electron chi connectivity index (χ3n) is 3.45. The lowest BCUT2D eigenvalue weighted by molar-refractivity contribution is -0.146. The fraction of sp³-hybridized carbons (Fsp3) is 0.529. The van der Waals surface area contributed by atoms with Crippen LogP contribution in [0.5, 0.6) is 5.75 Å². The predicted molar refractivity (Wildman–Crippen MR) is 86.3 cm³/mol. The van der Waals surface area contributed by atoms with E-state index in [1.54, 1.807) is 14.0 Å². The Morgan fingerprint density at radius 2 is 1.96 bits per heavy atom. The van der Waals surface area contributed by atoms with Crippen molar-refractivity contribution in [3.63, 3.8) is 0 Å². The first-order valence-corrected chi connectivity index (χ1v) is 7.62. The second-order valence-corrected chi connectivity index (χ2v) is 5.57. The summed E-state index contributed by atoms with van der Waals surface area (Å²) in [5.74, 6) is -0.395. The summed E-state index contributed by atoms with van der Waals surface area (Å²) < 4.78 is 10.8. The Bertz CT molecular complexity index is 529. The molecule has 0 aliphatic heterocycles. The minimum absolute atomic E-state index is 0.0769. The first kappa shape index (κ1) is 19.0. The maximum atomic E-state index is 12.4. The molecule has 1 atom stereocenters. The van der Waals surface area contributed by atoms with Crippen LogP contribution in [0, 0.1) is 0 Å². The van der Waals surface area contributed by atoms with Crippen molar-refractivity contribution < 1.29 is 24.2 Å². The van der Waals surface area contributed by atoms with E-state index in [0.29, 0.717) is 0 Å². The van der Waals surface area contributed by atoms with Gasteiger partial charge in [-0.1, -0.05) is 12.1 Å². The second-order valence-electron chi connectivity index (χ2n) is 5.57. The summed E-state index contributed by atoms with van der Waals surface area (Å²) in [5, 5.41) is 8.78. The molecule has 1 rings (SSSR count). The van der Waals surface area contributed by atoms with Gasteiger partial charge in [0, 0.05) is 12.6 Å². The number of carbonyl (C=O) groups is 2. The number of carboxylic acids is 1. The van der Waals surface area contributed by atoms with Gasteiger partial charge in [-0.05, 0) is 38.5 Å². The van der Waals surface area contributed by atoms with Crippen molar-refractivity contribution in [1.82, 2.24) is 4.90 Å². The van der Waals surface area contributed by atoms with E-state index in [1.165, 1.54) is 4.90 Å². The zero-order chi connectivity index (χ0) is 17.4. The molecule has 0 heterocycles. The third kappa shape index (κ3) is 6.28. The van der Waals surface area contributed by atoms with E-state index in [0.717, 1.165) is 11.3 Å². The summed E-state index contributed by atoms with van der Waals surface area (Å²) in [7, 11) is 1.59. The molecule has 0 fully saturated rings. The lowest BCUT2D eigenvalue weighted by atomic mass is 10.2. The molecule has 0 aliphatic carbocycles. The monoisotopic (exact) mass is 323 g/mol. The number of nitrogens with zero attached hydrogens (tertiary/aromatic N) is 1. The quantitative estimate of drug-likeness (QED) is 0.755. The Hall–Kier alpha value is -2.08. The predicted octanol–water partition coefficient (Wildman–Crippen LogP) is 2.31. The fourth-order valence-electron chi connectivity index (χ4n) is 2.13.